The molecule has 45 heteroatoms. The molecule has 16 rings (SSSR count). The van der Waals surface area contributed by atoms with Crippen molar-refractivity contribution in [3.05, 3.63) is 142 Å². The lowest BCUT2D eigenvalue weighted by molar-refractivity contribution is -0.138. The maximum atomic E-state index is 13.1. The molecular weight excluding hydrogens is 1550 g/mol. The zero-order valence-electron chi connectivity index (χ0n) is 64.3. The first kappa shape index (κ1) is 82.2. The minimum absolute atomic E-state index is 0.0140. The molecule has 0 bridgehead atoms. The number of aromatic nitrogens is 22. The minimum atomic E-state index is -4.54. The molecule has 116 heavy (non-hydrogen) atoms. The van der Waals surface area contributed by atoms with E-state index in [1.54, 1.807) is 80.6 Å². The summed E-state index contributed by atoms with van der Waals surface area (Å²) < 4.78 is 178. The lowest BCUT2D eigenvalue weighted by atomic mass is 9.85. The summed E-state index contributed by atoms with van der Waals surface area (Å²) in [5, 5.41) is 52.5. The van der Waals surface area contributed by atoms with E-state index >= 15 is 0 Å². The van der Waals surface area contributed by atoms with E-state index in [9.17, 15) is 52.7 Å². The highest BCUT2D eigenvalue weighted by molar-refractivity contribution is 5.62. The minimum Gasteiger partial charge on any atom is -0.379 e. The van der Waals surface area contributed by atoms with E-state index in [4.69, 9.17) is 9.26 Å². The lowest BCUT2D eigenvalue weighted by Gasteiger charge is -2.44. The monoisotopic (exact) mass is 1630 g/mol. The van der Waals surface area contributed by atoms with Gasteiger partial charge in [0.15, 0.2) is 5.76 Å². The lowest BCUT2D eigenvalue weighted by Crippen LogP contribution is -2.50. The number of halogens is 12. The second-order valence-electron chi connectivity index (χ2n) is 27.9. The first-order valence-corrected chi connectivity index (χ1v) is 37.4. The van der Waals surface area contributed by atoms with E-state index in [0.717, 1.165) is 149 Å². The van der Waals surface area contributed by atoms with Crippen LogP contribution in [0.1, 0.15) is 164 Å². The maximum absolute atomic E-state index is 13.1. The molecule has 33 nitrogen and oxygen atoms in total. The third kappa shape index (κ3) is 18.3. The number of rotatable bonds is 21. The topological polar surface area (TPSA) is 358 Å². The van der Waals surface area contributed by atoms with Crippen LogP contribution in [0.3, 0.4) is 0 Å². The number of aryl methyl sites for hydroxylation is 3. The molecule has 2 aliphatic heterocycles. The van der Waals surface area contributed by atoms with Crippen LogP contribution >= 0.6 is 0 Å². The fraction of sp³-hybridized carbons (Fsp3) is 0.493. The third-order valence-corrected chi connectivity index (χ3v) is 20.4. The van der Waals surface area contributed by atoms with Crippen molar-refractivity contribution >= 4 is 69.8 Å². The number of fused-ring (bicyclic) bond motifs is 2. The van der Waals surface area contributed by atoms with Crippen molar-refractivity contribution in [3.8, 4) is 0 Å². The van der Waals surface area contributed by atoms with E-state index in [2.05, 4.69) is 133 Å². The Hall–Kier alpha value is -11.8. The van der Waals surface area contributed by atoms with Gasteiger partial charge in [0.05, 0.1) is 114 Å². The first-order chi connectivity index (χ1) is 55.4. The molecule has 2 atom stereocenters. The van der Waals surface area contributed by atoms with E-state index in [1.165, 1.54) is 7.05 Å². The number of nitrogens with zero attached hydrogens (tertiary/aromatic N) is 23. The van der Waals surface area contributed by atoms with E-state index in [0.29, 0.717) is 60.2 Å². The average molecular weight is 1630 g/mol. The molecule has 1 saturated heterocycles. The molecule has 0 aromatic carbocycles. The molecule has 2 saturated carbocycles. The SMILES string of the molecule is CCNc1nc(Nc2cn(C3CCc4c(C)noc43)nc2C)ncc1C(F)(F)F.CCNc1nc(Nc2cnn(C3CC(N4CCOCC4)C3)c2C)ncc1C(F)(F)F.CCNc1nc(Nc2cnn(C3CCCn4ccnc43)c2C)ncc1C(F)(F)F.CNc1nc(Nc2cnn(C3CC(n4nccn4)C3)c2C)ncc1C(F)(F)F. The highest BCUT2D eigenvalue weighted by atomic mass is 19.4. The molecule has 0 spiro atoms. The van der Waals surface area contributed by atoms with Crippen molar-refractivity contribution < 1.29 is 61.9 Å². The van der Waals surface area contributed by atoms with Crippen LogP contribution in [0, 0.1) is 34.6 Å². The van der Waals surface area contributed by atoms with Gasteiger partial charge >= 0.3 is 24.7 Å². The summed E-state index contributed by atoms with van der Waals surface area (Å²) in [6.07, 6.45) is 6.17. The molecule has 11 aromatic rings. The largest absolute Gasteiger partial charge is 0.421 e. The Balaban J connectivity index is 0.000000135. The Morgan fingerprint density at radius 1 is 0.466 bits per heavy atom. The van der Waals surface area contributed by atoms with Crippen LogP contribution in [0.2, 0.25) is 0 Å². The second-order valence-corrected chi connectivity index (χ2v) is 27.9. The maximum Gasteiger partial charge on any atom is 0.421 e. The second kappa shape index (κ2) is 34.3. The van der Waals surface area contributed by atoms with E-state index in [-0.39, 0.29) is 71.2 Å². The van der Waals surface area contributed by atoms with Gasteiger partial charge in [-0.2, -0.15) is 108 Å². The smallest absolute Gasteiger partial charge is 0.379 e. The van der Waals surface area contributed by atoms with Gasteiger partial charge in [0.25, 0.3) is 0 Å². The predicted molar refractivity (Wildman–Crippen MR) is 400 cm³/mol. The number of morpholine rings is 1. The van der Waals surface area contributed by atoms with Crippen LogP contribution in [-0.2, 0) is 42.4 Å². The van der Waals surface area contributed by atoms with Gasteiger partial charge < -0.3 is 56.4 Å². The zero-order chi connectivity index (χ0) is 82.5. The molecule has 0 radical (unpaired) electrons. The molecular formula is C71H85F12N31O2. The molecule has 8 N–H and O–H groups in total. The van der Waals surface area contributed by atoms with Crippen LogP contribution in [0.4, 0.5) is 122 Å². The Bertz CT molecular complexity index is 5140. The Morgan fingerprint density at radius 3 is 1.37 bits per heavy atom. The van der Waals surface area contributed by atoms with Crippen molar-refractivity contribution in [2.75, 3.05) is 95.5 Å². The molecule has 620 valence electrons. The van der Waals surface area contributed by atoms with Gasteiger partial charge in [-0.25, -0.2) is 24.9 Å². The number of imidazole rings is 1. The van der Waals surface area contributed by atoms with Crippen molar-refractivity contribution in [1.82, 2.24) is 114 Å². The number of hydrogen-bond acceptors (Lipinski definition) is 27. The Kier molecular flexibility index (Phi) is 24.3. The van der Waals surface area contributed by atoms with Gasteiger partial charge in [-0.05, 0) is 107 Å². The molecule has 3 fully saturated rings. The van der Waals surface area contributed by atoms with Crippen molar-refractivity contribution in [2.24, 2.45) is 0 Å². The predicted octanol–water partition coefficient (Wildman–Crippen LogP) is 13.9. The van der Waals surface area contributed by atoms with Crippen molar-refractivity contribution in [3.63, 3.8) is 0 Å². The van der Waals surface area contributed by atoms with Crippen LogP contribution in [0.25, 0.3) is 0 Å². The highest BCUT2D eigenvalue weighted by Gasteiger charge is 2.42. The van der Waals surface area contributed by atoms with Crippen molar-refractivity contribution in [2.45, 2.75) is 174 Å². The summed E-state index contributed by atoms with van der Waals surface area (Å²) in [6, 6.07) is 1.29. The average Bonchev–Trinajstić information content (AvgIpc) is 1.63. The summed E-state index contributed by atoms with van der Waals surface area (Å²) in [6.45, 7) is 19.9. The first-order valence-electron chi connectivity index (χ1n) is 37.4. The summed E-state index contributed by atoms with van der Waals surface area (Å²) in [7, 11) is 1.38. The standard InChI is InChI=1S/C19H26F3N7O.C18H21F3N8.C18H20F3N7O.C16H18F3N9/c1-3-23-17-15(19(20,21)22)10-24-18(27-17)26-16-11-25-29(12(16)2)14-8-13(9-14)28-4-6-30-7-5-28;1-3-22-15-12(18(19,20)21)9-24-17(27-15)26-13-10-25-29(11(13)2)14-5-4-7-28-8-6-23-16(14)28;1-4-22-16-12(18(19,20)21)7-23-17(25-16)24-13-8-28(26-10(13)3)14-6-5-11-9(2)27-29-15(11)14;1-9-13(25-15-21-7-12(16(17,18)19)14(20-2)26-15)8-24-27(9)10-5-11(6-10)28-22-3-4-23-28/h10-11,13-14H,3-9H2,1-2H3,(H2,23,24,26,27);6,8-10,14H,3-5,7H2,1-2H3,(H2,22,24,26,27);7-8,14H,4-6H2,1-3H3,(H2,22,23,24,25);3-4,7-8,10-11H,5-6H2,1-2H3,(H2,20,21,25,26). The van der Waals surface area contributed by atoms with E-state index < -0.39 is 47.0 Å². The zero-order valence-corrected chi connectivity index (χ0v) is 64.3. The quantitative estimate of drug-likeness (QED) is 0.0310. The fourth-order valence-corrected chi connectivity index (χ4v) is 14.3. The van der Waals surface area contributed by atoms with Gasteiger partial charge in [0.1, 0.15) is 63.4 Å². The summed E-state index contributed by atoms with van der Waals surface area (Å²) >= 11 is 0. The normalized spacial score (nSPS) is 18.7. The van der Waals surface area contributed by atoms with E-state index in [1.807, 2.05) is 47.9 Å². The van der Waals surface area contributed by atoms with Gasteiger partial charge in [-0.15, -0.1) is 0 Å². The molecule has 5 aliphatic rings. The Morgan fingerprint density at radius 2 is 0.905 bits per heavy atom. The van der Waals surface area contributed by atoms with Crippen LogP contribution in [-0.4, -0.2) is 173 Å². The van der Waals surface area contributed by atoms with Crippen LogP contribution in [0.5, 0.6) is 0 Å². The van der Waals surface area contributed by atoms with Gasteiger partial charge in [-0.3, -0.25) is 23.6 Å². The molecule has 2 unspecified atom stereocenters. The highest BCUT2D eigenvalue weighted by Crippen LogP contribution is 2.45. The number of nitrogens with one attached hydrogen (secondary N) is 8. The van der Waals surface area contributed by atoms with Crippen molar-refractivity contribution in [1.29, 1.82) is 0 Å². The number of alkyl halides is 12. The van der Waals surface area contributed by atoms with Gasteiger partial charge in [0.2, 0.25) is 23.8 Å². The third-order valence-electron chi connectivity index (χ3n) is 20.4. The number of anilines is 12. The molecule has 11 aromatic heterocycles. The van der Waals surface area contributed by atoms with Gasteiger partial charge in [-0.1, -0.05) is 5.16 Å². The van der Waals surface area contributed by atoms with Crippen LogP contribution in [0.15, 0.2) is 78.9 Å². The molecule has 0 amide bonds. The summed E-state index contributed by atoms with van der Waals surface area (Å²) in [4.78, 5) is 39.9. The summed E-state index contributed by atoms with van der Waals surface area (Å²) in [5.74, 6) is 1.00. The number of hydrogen-bond donors (Lipinski definition) is 8. The summed E-state index contributed by atoms with van der Waals surface area (Å²) in [5.41, 5.74) is 4.23. The molecule has 3 aliphatic carbocycles. The molecule has 13 heterocycles. The Labute approximate surface area is 655 Å². The van der Waals surface area contributed by atoms with Gasteiger partial charge in [0, 0.05) is 101 Å². The number of ether oxygens (including phenoxy) is 1. The fourth-order valence-electron chi connectivity index (χ4n) is 14.3. The van der Waals surface area contributed by atoms with Crippen LogP contribution < -0.4 is 42.5 Å².